The summed E-state index contributed by atoms with van der Waals surface area (Å²) in [6.45, 7) is 4.14. The Hall–Kier alpha value is -1.65. The number of benzene rings is 1. The minimum Gasteiger partial charge on any atom is -0.463 e. The third kappa shape index (κ3) is 3.43. The van der Waals surface area contributed by atoms with Crippen LogP contribution in [-0.2, 0) is 12.1 Å². The molecule has 1 atom stereocenters. The van der Waals surface area contributed by atoms with Crippen molar-refractivity contribution in [3.63, 3.8) is 0 Å². The molecular formula is C15H18FNO2. The van der Waals surface area contributed by atoms with E-state index in [1.807, 2.05) is 6.92 Å². The smallest absolute Gasteiger partial charge is 0.136 e. The number of furan rings is 1. The first-order valence-corrected chi connectivity index (χ1v) is 6.22. The van der Waals surface area contributed by atoms with Crippen molar-refractivity contribution >= 4 is 0 Å². The Morgan fingerprint density at radius 3 is 2.63 bits per heavy atom. The summed E-state index contributed by atoms with van der Waals surface area (Å²) >= 11 is 0. The van der Waals surface area contributed by atoms with Gasteiger partial charge in [-0.05, 0) is 32.0 Å². The standard InChI is InChI=1S/C15H18FNO2/c1-11-7-8-14(19-11)15(2,18)10-17-9-12-5-3-4-6-13(12)16/h3-8,17-18H,9-10H2,1-2H3. The first-order valence-electron chi connectivity index (χ1n) is 6.22. The zero-order valence-corrected chi connectivity index (χ0v) is 11.1. The molecule has 2 N–H and O–H groups in total. The quantitative estimate of drug-likeness (QED) is 0.872. The third-order valence-electron chi connectivity index (χ3n) is 3.01. The molecule has 2 aromatic rings. The average molecular weight is 263 g/mol. The lowest BCUT2D eigenvalue weighted by Crippen LogP contribution is -2.34. The number of hydrogen-bond donors (Lipinski definition) is 2. The Morgan fingerprint density at radius 2 is 2.00 bits per heavy atom. The van der Waals surface area contributed by atoms with Crippen LogP contribution in [0.25, 0.3) is 0 Å². The molecule has 1 aromatic carbocycles. The summed E-state index contributed by atoms with van der Waals surface area (Å²) in [5.74, 6) is 1.01. The third-order valence-corrected chi connectivity index (χ3v) is 3.01. The van der Waals surface area contributed by atoms with Gasteiger partial charge in [-0.25, -0.2) is 4.39 Å². The topological polar surface area (TPSA) is 45.4 Å². The Bertz CT molecular complexity index is 549. The molecular weight excluding hydrogens is 245 g/mol. The fourth-order valence-corrected chi connectivity index (χ4v) is 1.89. The minimum absolute atomic E-state index is 0.247. The van der Waals surface area contributed by atoms with Crippen LogP contribution in [0.2, 0.25) is 0 Å². The first-order chi connectivity index (χ1) is 8.99. The lowest BCUT2D eigenvalue weighted by Gasteiger charge is -2.21. The average Bonchev–Trinajstić information content (AvgIpc) is 2.79. The van der Waals surface area contributed by atoms with Gasteiger partial charge in [0.15, 0.2) is 0 Å². The van der Waals surface area contributed by atoms with Crippen LogP contribution in [0.15, 0.2) is 40.8 Å². The second-order valence-electron chi connectivity index (χ2n) is 4.88. The summed E-state index contributed by atoms with van der Waals surface area (Å²) < 4.78 is 18.8. The number of hydrogen-bond acceptors (Lipinski definition) is 3. The van der Waals surface area contributed by atoms with Crippen LogP contribution in [-0.4, -0.2) is 11.7 Å². The number of aryl methyl sites for hydroxylation is 1. The second kappa shape index (κ2) is 5.55. The lowest BCUT2D eigenvalue weighted by atomic mass is 10.0. The van der Waals surface area contributed by atoms with Crippen molar-refractivity contribution in [2.24, 2.45) is 0 Å². The van der Waals surface area contributed by atoms with Gasteiger partial charge in [0.25, 0.3) is 0 Å². The van der Waals surface area contributed by atoms with Crippen LogP contribution in [0.4, 0.5) is 4.39 Å². The highest BCUT2D eigenvalue weighted by Crippen LogP contribution is 2.22. The van der Waals surface area contributed by atoms with Crippen molar-refractivity contribution in [3.8, 4) is 0 Å². The van der Waals surface area contributed by atoms with Gasteiger partial charge in [-0.3, -0.25) is 0 Å². The van der Waals surface area contributed by atoms with E-state index < -0.39 is 5.60 Å². The Morgan fingerprint density at radius 1 is 1.26 bits per heavy atom. The lowest BCUT2D eigenvalue weighted by molar-refractivity contribution is 0.0332. The van der Waals surface area contributed by atoms with E-state index in [1.54, 1.807) is 37.3 Å². The van der Waals surface area contributed by atoms with Crippen molar-refractivity contribution in [1.82, 2.24) is 5.32 Å². The van der Waals surface area contributed by atoms with Gasteiger partial charge in [-0.1, -0.05) is 18.2 Å². The highest BCUT2D eigenvalue weighted by molar-refractivity contribution is 5.17. The number of halogens is 1. The summed E-state index contributed by atoms with van der Waals surface area (Å²) in [6.07, 6.45) is 0. The molecule has 3 nitrogen and oxygen atoms in total. The minimum atomic E-state index is -1.11. The normalized spacial score (nSPS) is 14.3. The van der Waals surface area contributed by atoms with Gasteiger partial charge in [-0.2, -0.15) is 0 Å². The first kappa shape index (κ1) is 13.8. The maximum atomic E-state index is 13.4. The molecule has 2 rings (SSSR count). The van der Waals surface area contributed by atoms with Gasteiger partial charge in [0, 0.05) is 18.7 Å². The summed E-state index contributed by atoms with van der Waals surface area (Å²) in [4.78, 5) is 0. The van der Waals surface area contributed by atoms with E-state index in [2.05, 4.69) is 5.32 Å². The van der Waals surface area contributed by atoms with Gasteiger partial charge in [0.1, 0.15) is 22.9 Å². The molecule has 19 heavy (non-hydrogen) atoms. The molecule has 1 unspecified atom stereocenters. The Balaban J connectivity index is 1.94. The summed E-state index contributed by atoms with van der Waals surface area (Å²) in [5.41, 5.74) is -0.534. The fourth-order valence-electron chi connectivity index (χ4n) is 1.89. The van der Waals surface area contributed by atoms with E-state index in [-0.39, 0.29) is 12.4 Å². The van der Waals surface area contributed by atoms with E-state index >= 15 is 0 Å². The molecule has 1 heterocycles. The summed E-state index contributed by atoms with van der Waals surface area (Å²) in [5, 5.41) is 13.3. The fraction of sp³-hybridized carbons (Fsp3) is 0.333. The van der Waals surface area contributed by atoms with Crippen molar-refractivity contribution in [2.75, 3.05) is 6.54 Å². The zero-order chi connectivity index (χ0) is 13.9. The molecule has 4 heteroatoms. The van der Waals surface area contributed by atoms with Crippen molar-refractivity contribution in [2.45, 2.75) is 26.0 Å². The van der Waals surface area contributed by atoms with Crippen LogP contribution >= 0.6 is 0 Å². The predicted octanol–water partition coefficient (Wildman–Crippen LogP) is 2.72. The molecule has 0 bridgehead atoms. The molecule has 0 saturated heterocycles. The number of rotatable bonds is 5. The van der Waals surface area contributed by atoms with Crippen LogP contribution in [0.3, 0.4) is 0 Å². The molecule has 0 aliphatic rings. The molecule has 102 valence electrons. The molecule has 1 aromatic heterocycles. The van der Waals surface area contributed by atoms with Gasteiger partial charge in [0.05, 0.1) is 0 Å². The molecule has 0 aliphatic heterocycles. The van der Waals surface area contributed by atoms with Crippen LogP contribution in [0, 0.1) is 12.7 Å². The van der Waals surface area contributed by atoms with E-state index in [1.165, 1.54) is 6.07 Å². The maximum absolute atomic E-state index is 13.4. The van der Waals surface area contributed by atoms with Crippen molar-refractivity contribution < 1.29 is 13.9 Å². The van der Waals surface area contributed by atoms with Crippen LogP contribution in [0.5, 0.6) is 0 Å². The molecule has 0 amide bonds. The van der Waals surface area contributed by atoms with Gasteiger partial charge in [-0.15, -0.1) is 0 Å². The molecule has 0 spiro atoms. The van der Waals surface area contributed by atoms with Gasteiger partial charge in [0.2, 0.25) is 0 Å². The van der Waals surface area contributed by atoms with E-state index in [4.69, 9.17) is 4.42 Å². The summed E-state index contributed by atoms with van der Waals surface area (Å²) in [6, 6.07) is 10.1. The van der Waals surface area contributed by atoms with E-state index in [9.17, 15) is 9.50 Å². The molecule has 0 aliphatic carbocycles. The zero-order valence-electron chi connectivity index (χ0n) is 11.1. The molecule has 0 saturated carbocycles. The van der Waals surface area contributed by atoms with Gasteiger partial charge >= 0.3 is 0 Å². The second-order valence-corrected chi connectivity index (χ2v) is 4.88. The highest BCUT2D eigenvalue weighted by atomic mass is 19.1. The number of nitrogens with one attached hydrogen (secondary N) is 1. The predicted molar refractivity (Wildman–Crippen MR) is 71.1 cm³/mol. The molecule has 0 fully saturated rings. The van der Waals surface area contributed by atoms with Gasteiger partial charge < -0.3 is 14.8 Å². The van der Waals surface area contributed by atoms with Crippen LogP contribution < -0.4 is 5.32 Å². The Labute approximate surface area is 112 Å². The monoisotopic (exact) mass is 263 g/mol. The largest absolute Gasteiger partial charge is 0.463 e. The maximum Gasteiger partial charge on any atom is 0.136 e. The SMILES string of the molecule is Cc1ccc(C(C)(O)CNCc2ccccc2F)o1. The Kier molecular flexibility index (Phi) is 4.02. The van der Waals surface area contributed by atoms with Crippen LogP contribution in [0.1, 0.15) is 24.0 Å². The summed E-state index contributed by atoms with van der Waals surface area (Å²) in [7, 11) is 0. The van der Waals surface area contributed by atoms with E-state index in [0.717, 1.165) is 5.76 Å². The molecule has 0 radical (unpaired) electrons. The number of aliphatic hydroxyl groups is 1. The van der Waals surface area contributed by atoms with Crippen molar-refractivity contribution in [3.05, 3.63) is 59.3 Å². The highest BCUT2D eigenvalue weighted by Gasteiger charge is 2.26. The van der Waals surface area contributed by atoms with Crippen molar-refractivity contribution in [1.29, 1.82) is 0 Å². The van der Waals surface area contributed by atoms with E-state index in [0.29, 0.717) is 17.9 Å².